The van der Waals surface area contributed by atoms with E-state index in [-0.39, 0.29) is 5.56 Å². The van der Waals surface area contributed by atoms with Gasteiger partial charge in [-0.05, 0) is 35.7 Å². The zero-order chi connectivity index (χ0) is 20.1. The van der Waals surface area contributed by atoms with E-state index in [0.717, 1.165) is 10.9 Å². The number of nitrogens with zero attached hydrogens (tertiary/aromatic N) is 1. The summed E-state index contributed by atoms with van der Waals surface area (Å²) in [6, 6.07) is 23.8. The molecular weight excluding hydrogens is 363 g/mol. The van der Waals surface area contributed by atoms with Crippen molar-refractivity contribution in [3.8, 4) is 0 Å². The number of aromatic nitrogens is 1. The molecule has 0 aliphatic rings. The van der Waals surface area contributed by atoms with Gasteiger partial charge in [0.25, 0.3) is 5.91 Å². The lowest BCUT2D eigenvalue weighted by atomic mass is 10.0. The van der Waals surface area contributed by atoms with Gasteiger partial charge in [-0.25, -0.2) is 4.39 Å². The summed E-state index contributed by atoms with van der Waals surface area (Å²) in [5.74, 6) is -1.02. The van der Waals surface area contributed by atoms with Gasteiger partial charge in [-0.2, -0.15) is 0 Å². The Kier molecular flexibility index (Phi) is 5.43. The van der Waals surface area contributed by atoms with E-state index in [9.17, 15) is 9.18 Å². The zero-order valence-electron chi connectivity index (χ0n) is 15.7. The summed E-state index contributed by atoms with van der Waals surface area (Å²) in [6.45, 7) is 0. The molecule has 3 nitrogen and oxygen atoms in total. The van der Waals surface area contributed by atoms with Crippen molar-refractivity contribution in [2.45, 2.75) is 6.42 Å². The highest BCUT2D eigenvalue weighted by Crippen LogP contribution is 2.23. The third-order valence-electron chi connectivity index (χ3n) is 4.66. The van der Waals surface area contributed by atoms with Gasteiger partial charge in [-0.3, -0.25) is 9.78 Å². The standard InChI is InChI=1S/C25H19FN2O/c26-21-15-5-12-19(11-4-10-18-8-2-1-3-9-18)23(21)25(29)28-22-16-6-13-20-14-7-17-27-24(20)22/h1-10,12-17H,11H2,(H,28,29)/b10-4+. The van der Waals surface area contributed by atoms with Crippen LogP contribution in [0.4, 0.5) is 10.1 Å². The molecule has 29 heavy (non-hydrogen) atoms. The van der Waals surface area contributed by atoms with Gasteiger partial charge in [0.15, 0.2) is 0 Å². The van der Waals surface area contributed by atoms with E-state index in [1.54, 1.807) is 24.4 Å². The fourth-order valence-electron chi connectivity index (χ4n) is 3.27. The van der Waals surface area contributed by atoms with Gasteiger partial charge in [-0.1, -0.05) is 72.8 Å². The number of amides is 1. The molecule has 0 aliphatic carbocycles. The van der Waals surface area contributed by atoms with Gasteiger partial charge in [0.2, 0.25) is 0 Å². The number of allylic oxidation sites excluding steroid dienone is 1. The largest absolute Gasteiger partial charge is 0.320 e. The summed E-state index contributed by atoms with van der Waals surface area (Å²) in [5, 5.41) is 3.73. The van der Waals surface area contributed by atoms with Crippen molar-refractivity contribution >= 4 is 28.6 Å². The fourth-order valence-corrected chi connectivity index (χ4v) is 3.27. The number of pyridine rings is 1. The lowest BCUT2D eigenvalue weighted by Gasteiger charge is -2.11. The average Bonchev–Trinajstić information content (AvgIpc) is 2.75. The van der Waals surface area contributed by atoms with Gasteiger partial charge in [0, 0.05) is 11.6 Å². The normalized spacial score (nSPS) is 11.1. The number of hydrogen-bond acceptors (Lipinski definition) is 2. The summed E-state index contributed by atoms with van der Waals surface area (Å²) in [5.41, 5.74) is 2.96. The monoisotopic (exact) mass is 382 g/mol. The number of halogens is 1. The molecule has 4 rings (SSSR count). The third-order valence-corrected chi connectivity index (χ3v) is 4.66. The molecule has 1 aromatic heterocycles. The van der Waals surface area contributed by atoms with Crippen LogP contribution >= 0.6 is 0 Å². The molecule has 0 saturated carbocycles. The molecule has 1 amide bonds. The minimum atomic E-state index is -0.540. The number of carbonyl (C=O) groups is 1. The van der Waals surface area contributed by atoms with Crippen LogP contribution in [0.5, 0.6) is 0 Å². The van der Waals surface area contributed by atoms with Crippen molar-refractivity contribution in [1.29, 1.82) is 0 Å². The minimum absolute atomic E-state index is 0.0538. The van der Waals surface area contributed by atoms with Crippen LogP contribution in [0, 0.1) is 5.82 Å². The van der Waals surface area contributed by atoms with E-state index >= 15 is 0 Å². The summed E-state index contributed by atoms with van der Waals surface area (Å²) in [6.07, 6.45) is 6.01. The molecule has 4 heteroatoms. The summed E-state index contributed by atoms with van der Waals surface area (Å²) in [7, 11) is 0. The molecule has 0 bridgehead atoms. The molecule has 0 atom stereocenters. The molecule has 1 N–H and O–H groups in total. The predicted octanol–water partition coefficient (Wildman–Crippen LogP) is 5.88. The highest BCUT2D eigenvalue weighted by atomic mass is 19.1. The van der Waals surface area contributed by atoms with Crippen molar-refractivity contribution in [2.24, 2.45) is 0 Å². The second-order valence-electron chi connectivity index (χ2n) is 6.63. The van der Waals surface area contributed by atoms with Crippen LogP contribution in [0.15, 0.2) is 91.1 Å². The van der Waals surface area contributed by atoms with E-state index in [2.05, 4.69) is 10.3 Å². The van der Waals surface area contributed by atoms with Crippen molar-refractivity contribution in [3.05, 3.63) is 114 Å². The molecule has 1 heterocycles. The number of nitrogens with one attached hydrogen (secondary N) is 1. The number of fused-ring (bicyclic) bond motifs is 1. The molecule has 142 valence electrons. The SMILES string of the molecule is O=C(Nc1cccc2cccnc12)c1c(F)cccc1C/C=C/c1ccccc1. The molecule has 0 aliphatic heterocycles. The van der Waals surface area contributed by atoms with Gasteiger partial charge < -0.3 is 5.32 Å². The number of carbonyl (C=O) groups excluding carboxylic acids is 1. The summed E-state index contributed by atoms with van der Waals surface area (Å²) < 4.78 is 14.6. The highest BCUT2D eigenvalue weighted by molar-refractivity contribution is 6.09. The zero-order valence-corrected chi connectivity index (χ0v) is 15.7. The second kappa shape index (κ2) is 8.48. The van der Waals surface area contributed by atoms with E-state index in [0.29, 0.717) is 23.2 Å². The number of benzene rings is 3. The number of rotatable bonds is 5. The first-order valence-corrected chi connectivity index (χ1v) is 9.36. The molecule has 4 aromatic rings. The van der Waals surface area contributed by atoms with E-state index in [4.69, 9.17) is 0 Å². The van der Waals surface area contributed by atoms with Crippen LogP contribution < -0.4 is 5.32 Å². The molecule has 0 saturated heterocycles. The lowest BCUT2D eigenvalue weighted by Crippen LogP contribution is -2.16. The topological polar surface area (TPSA) is 42.0 Å². The average molecular weight is 382 g/mol. The van der Waals surface area contributed by atoms with Crippen LogP contribution in [-0.2, 0) is 6.42 Å². The van der Waals surface area contributed by atoms with Crippen LogP contribution in [0.3, 0.4) is 0 Å². The first kappa shape index (κ1) is 18.6. The number of hydrogen-bond donors (Lipinski definition) is 1. The molecular formula is C25H19FN2O. The van der Waals surface area contributed by atoms with Gasteiger partial charge in [0.05, 0.1) is 16.8 Å². The highest BCUT2D eigenvalue weighted by Gasteiger charge is 2.17. The van der Waals surface area contributed by atoms with E-state index in [1.165, 1.54) is 6.07 Å². The van der Waals surface area contributed by atoms with Gasteiger partial charge in [-0.15, -0.1) is 0 Å². The molecule has 3 aromatic carbocycles. The Morgan fingerprint density at radius 1 is 0.931 bits per heavy atom. The molecule has 0 fully saturated rings. The van der Waals surface area contributed by atoms with Crippen LogP contribution in [0.1, 0.15) is 21.5 Å². The van der Waals surface area contributed by atoms with Crippen molar-refractivity contribution in [1.82, 2.24) is 4.98 Å². The van der Waals surface area contributed by atoms with Crippen molar-refractivity contribution < 1.29 is 9.18 Å². The molecule has 0 unspecified atom stereocenters. The summed E-state index contributed by atoms with van der Waals surface area (Å²) >= 11 is 0. The maximum atomic E-state index is 14.6. The van der Waals surface area contributed by atoms with Crippen molar-refractivity contribution in [2.75, 3.05) is 5.32 Å². The molecule has 0 radical (unpaired) electrons. The van der Waals surface area contributed by atoms with Crippen molar-refractivity contribution in [3.63, 3.8) is 0 Å². The van der Waals surface area contributed by atoms with E-state index < -0.39 is 11.7 Å². The Morgan fingerprint density at radius 3 is 2.59 bits per heavy atom. The third kappa shape index (κ3) is 4.22. The minimum Gasteiger partial charge on any atom is -0.320 e. The summed E-state index contributed by atoms with van der Waals surface area (Å²) in [4.78, 5) is 17.3. The Hall–Kier alpha value is -3.79. The van der Waals surface area contributed by atoms with Crippen LogP contribution in [0.2, 0.25) is 0 Å². The Balaban J connectivity index is 1.60. The Bertz CT molecular complexity index is 1180. The van der Waals surface area contributed by atoms with Gasteiger partial charge in [0.1, 0.15) is 5.82 Å². The Morgan fingerprint density at radius 2 is 1.72 bits per heavy atom. The Labute approximate surface area is 168 Å². The maximum Gasteiger partial charge on any atom is 0.258 e. The van der Waals surface area contributed by atoms with Crippen LogP contribution in [0.25, 0.3) is 17.0 Å². The first-order chi connectivity index (χ1) is 14.2. The second-order valence-corrected chi connectivity index (χ2v) is 6.63. The lowest BCUT2D eigenvalue weighted by molar-refractivity contribution is 0.102. The molecule has 0 spiro atoms. The van der Waals surface area contributed by atoms with Crippen LogP contribution in [-0.4, -0.2) is 10.9 Å². The fraction of sp³-hybridized carbons (Fsp3) is 0.0400. The smallest absolute Gasteiger partial charge is 0.258 e. The predicted molar refractivity (Wildman–Crippen MR) is 115 cm³/mol. The quantitative estimate of drug-likeness (QED) is 0.468. The first-order valence-electron chi connectivity index (χ1n) is 9.36. The van der Waals surface area contributed by atoms with E-state index in [1.807, 2.05) is 66.7 Å². The maximum absolute atomic E-state index is 14.6. The van der Waals surface area contributed by atoms with Gasteiger partial charge >= 0.3 is 0 Å². The number of anilines is 1. The number of para-hydroxylation sites is 1.